The molecule has 10 nitrogen and oxygen atoms in total. The smallest absolute Gasteiger partial charge is 0.273 e. The van der Waals surface area contributed by atoms with Gasteiger partial charge in [0.15, 0.2) is 22.5 Å². The SMILES string of the molecule is C[N+](C)(CCCNS(=O)(=O)c1ccccc1)CCNC(=O)c1nc(Cl)c(N)nc1N. The zero-order chi connectivity index (χ0) is 22.4. The van der Waals surface area contributed by atoms with Crippen LogP contribution in [0.15, 0.2) is 35.2 Å². The number of nitrogens with one attached hydrogen (secondary N) is 2. The number of anilines is 2. The molecule has 164 valence electrons. The molecule has 1 aromatic carbocycles. The van der Waals surface area contributed by atoms with Crippen LogP contribution in [0.2, 0.25) is 5.15 Å². The van der Waals surface area contributed by atoms with Crippen LogP contribution in [0.4, 0.5) is 11.6 Å². The normalized spacial score (nSPS) is 12.0. The van der Waals surface area contributed by atoms with E-state index in [1.807, 2.05) is 14.1 Å². The van der Waals surface area contributed by atoms with Gasteiger partial charge in [0.05, 0.1) is 38.6 Å². The third kappa shape index (κ3) is 6.80. The highest BCUT2D eigenvalue weighted by atomic mass is 35.5. The summed E-state index contributed by atoms with van der Waals surface area (Å²) in [4.78, 5) is 20.1. The van der Waals surface area contributed by atoms with Gasteiger partial charge in [-0.3, -0.25) is 4.79 Å². The van der Waals surface area contributed by atoms with Gasteiger partial charge in [0, 0.05) is 13.0 Å². The van der Waals surface area contributed by atoms with Gasteiger partial charge in [-0.2, -0.15) is 0 Å². The van der Waals surface area contributed by atoms with Gasteiger partial charge >= 0.3 is 0 Å². The van der Waals surface area contributed by atoms with Crippen LogP contribution in [-0.2, 0) is 10.0 Å². The maximum absolute atomic E-state index is 12.2. The molecule has 0 aliphatic heterocycles. The number of halogens is 1. The predicted molar refractivity (Wildman–Crippen MR) is 116 cm³/mol. The van der Waals surface area contributed by atoms with Crippen molar-refractivity contribution in [2.45, 2.75) is 11.3 Å². The highest BCUT2D eigenvalue weighted by Gasteiger charge is 2.19. The summed E-state index contributed by atoms with van der Waals surface area (Å²) in [6.45, 7) is 2.02. The van der Waals surface area contributed by atoms with Gasteiger partial charge < -0.3 is 21.3 Å². The number of quaternary nitrogens is 1. The first-order chi connectivity index (χ1) is 14.0. The van der Waals surface area contributed by atoms with Crippen molar-refractivity contribution in [3.63, 3.8) is 0 Å². The second-order valence-electron chi connectivity index (χ2n) is 7.34. The predicted octanol–water partition coefficient (Wildman–Crippen LogP) is 0.469. The van der Waals surface area contributed by atoms with Crippen molar-refractivity contribution in [1.29, 1.82) is 0 Å². The Labute approximate surface area is 181 Å². The number of hydrogen-bond acceptors (Lipinski definition) is 7. The lowest BCUT2D eigenvalue weighted by Gasteiger charge is -2.30. The van der Waals surface area contributed by atoms with Crippen LogP contribution in [0, 0.1) is 0 Å². The molecular formula is C18H27ClN7O3S+. The van der Waals surface area contributed by atoms with E-state index < -0.39 is 15.9 Å². The summed E-state index contributed by atoms with van der Waals surface area (Å²) in [7, 11) is 0.478. The number of sulfonamides is 1. The van der Waals surface area contributed by atoms with E-state index in [0.29, 0.717) is 37.1 Å². The van der Waals surface area contributed by atoms with Gasteiger partial charge in [-0.15, -0.1) is 0 Å². The molecule has 0 fully saturated rings. The van der Waals surface area contributed by atoms with Crippen LogP contribution < -0.4 is 21.5 Å². The summed E-state index contributed by atoms with van der Waals surface area (Å²) in [6, 6.07) is 8.23. The molecule has 12 heteroatoms. The Morgan fingerprint density at radius 2 is 1.73 bits per heavy atom. The molecule has 0 atom stereocenters. The van der Waals surface area contributed by atoms with E-state index in [9.17, 15) is 13.2 Å². The van der Waals surface area contributed by atoms with Gasteiger partial charge in [-0.25, -0.2) is 23.1 Å². The molecule has 0 aliphatic carbocycles. The minimum Gasteiger partial charge on any atom is -0.382 e. The highest BCUT2D eigenvalue weighted by Crippen LogP contribution is 2.17. The third-order valence-electron chi connectivity index (χ3n) is 4.41. The molecule has 0 unspecified atom stereocenters. The lowest BCUT2D eigenvalue weighted by atomic mass is 10.3. The summed E-state index contributed by atoms with van der Waals surface area (Å²) in [5.74, 6) is -0.613. The van der Waals surface area contributed by atoms with Gasteiger partial charge in [0.1, 0.15) is 0 Å². The molecule has 0 bridgehead atoms. The lowest BCUT2D eigenvalue weighted by molar-refractivity contribution is -0.889. The molecular weight excluding hydrogens is 430 g/mol. The Morgan fingerprint density at radius 3 is 2.40 bits per heavy atom. The van der Waals surface area contributed by atoms with Crippen molar-refractivity contribution >= 4 is 39.2 Å². The molecule has 0 saturated carbocycles. The quantitative estimate of drug-likeness (QED) is 0.299. The first kappa shape index (κ1) is 23.8. The standard InChI is InChI=1S/C18H26ClN7O3S/c1-26(2,11-6-9-23-30(28,29)13-7-4-3-5-8-13)12-10-22-18(27)14-16(20)25-17(21)15(19)24-14/h3-5,7-8,23H,6,9-12H2,1-2H3,(H4-,20,21,22,25,27)/p+1. The number of carbonyl (C=O) groups excluding carboxylic acids is 1. The second kappa shape index (κ2) is 10.0. The maximum atomic E-state index is 12.2. The van der Waals surface area contributed by atoms with Crippen molar-refractivity contribution in [2.75, 3.05) is 51.7 Å². The van der Waals surface area contributed by atoms with E-state index in [1.165, 1.54) is 0 Å². The summed E-state index contributed by atoms with van der Waals surface area (Å²) in [6.07, 6.45) is 0.638. The molecule has 2 aromatic rings. The summed E-state index contributed by atoms with van der Waals surface area (Å²) < 4.78 is 27.6. The van der Waals surface area contributed by atoms with Crippen molar-refractivity contribution in [2.24, 2.45) is 0 Å². The molecule has 1 aromatic heterocycles. The molecule has 0 saturated heterocycles. The van der Waals surface area contributed by atoms with Crippen molar-refractivity contribution < 1.29 is 17.7 Å². The average Bonchev–Trinajstić information content (AvgIpc) is 2.68. The summed E-state index contributed by atoms with van der Waals surface area (Å²) >= 11 is 5.79. The Kier molecular flexibility index (Phi) is 7.96. The van der Waals surface area contributed by atoms with E-state index in [2.05, 4.69) is 20.0 Å². The van der Waals surface area contributed by atoms with E-state index in [0.717, 1.165) is 0 Å². The van der Waals surface area contributed by atoms with Gasteiger partial charge in [0.2, 0.25) is 10.0 Å². The number of nitrogens with two attached hydrogens (primary N) is 2. The van der Waals surface area contributed by atoms with Crippen LogP contribution in [0.5, 0.6) is 0 Å². The molecule has 1 heterocycles. The van der Waals surface area contributed by atoms with Gasteiger partial charge in [-0.05, 0) is 12.1 Å². The maximum Gasteiger partial charge on any atom is 0.273 e. The minimum absolute atomic E-state index is 0.0357. The van der Waals surface area contributed by atoms with Crippen molar-refractivity contribution in [1.82, 2.24) is 20.0 Å². The number of aromatic nitrogens is 2. The number of nitrogen functional groups attached to an aromatic ring is 2. The van der Waals surface area contributed by atoms with Crippen LogP contribution in [0.3, 0.4) is 0 Å². The Morgan fingerprint density at radius 1 is 1.07 bits per heavy atom. The fourth-order valence-electron chi connectivity index (χ4n) is 2.67. The molecule has 0 radical (unpaired) electrons. The second-order valence-corrected chi connectivity index (χ2v) is 9.46. The summed E-state index contributed by atoms with van der Waals surface area (Å²) in [5, 5.41) is 2.65. The average molecular weight is 457 g/mol. The number of likely N-dealkylation sites (N-methyl/N-ethyl adjacent to an activating group) is 1. The molecule has 2 rings (SSSR count). The minimum atomic E-state index is -3.51. The zero-order valence-corrected chi connectivity index (χ0v) is 18.5. The van der Waals surface area contributed by atoms with Crippen LogP contribution >= 0.6 is 11.6 Å². The molecule has 30 heavy (non-hydrogen) atoms. The number of carbonyl (C=O) groups is 1. The van der Waals surface area contributed by atoms with E-state index >= 15 is 0 Å². The van der Waals surface area contributed by atoms with Gasteiger partial charge in [0.25, 0.3) is 5.91 Å². The first-order valence-electron chi connectivity index (χ1n) is 9.25. The molecule has 6 N–H and O–H groups in total. The number of benzene rings is 1. The molecule has 0 aliphatic rings. The van der Waals surface area contributed by atoms with E-state index in [4.69, 9.17) is 23.1 Å². The topological polar surface area (TPSA) is 153 Å². The Balaban J connectivity index is 1.76. The summed E-state index contributed by atoms with van der Waals surface area (Å²) in [5.41, 5.74) is 11.1. The molecule has 0 spiro atoms. The number of amides is 1. The van der Waals surface area contributed by atoms with E-state index in [-0.39, 0.29) is 27.4 Å². The Hall–Kier alpha value is -2.47. The lowest BCUT2D eigenvalue weighted by Crippen LogP contribution is -2.46. The van der Waals surface area contributed by atoms with Crippen molar-refractivity contribution in [3.05, 3.63) is 41.2 Å². The largest absolute Gasteiger partial charge is 0.382 e. The van der Waals surface area contributed by atoms with Crippen LogP contribution in [0.25, 0.3) is 0 Å². The Bertz CT molecular complexity index is 985. The molecule has 1 amide bonds. The fraction of sp³-hybridized carbons (Fsp3) is 0.389. The number of nitrogens with zero attached hydrogens (tertiary/aromatic N) is 3. The number of rotatable bonds is 10. The van der Waals surface area contributed by atoms with Crippen LogP contribution in [0.1, 0.15) is 16.9 Å². The highest BCUT2D eigenvalue weighted by molar-refractivity contribution is 7.89. The number of hydrogen-bond donors (Lipinski definition) is 4. The third-order valence-corrected chi connectivity index (χ3v) is 6.16. The monoisotopic (exact) mass is 456 g/mol. The fourth-order valence-corrected chi connectivity index (χ4v) is 3.89. The van der Waals surface area contributed by atoms with E-state index in [1.54, 1.807) is 30.3 Å². The zero-order valence-electron chi connectivity index (χ0n) is 16.9. The van der Waals surface area contributed by atoms with Crippen LogP contribution in [-0.4, -0.2) is 69.1 Å². The van der Waals surface area contributed by atoms with Crippen molar-refractivity contribution in [3.8, 4) is 0 Å². The van der Waals surface area contributed by atoms with Gasteiger partial charge in [-0.1, -0.05) is 29.8 Å². The first-order valence-corrected chi connectivity index (χ1v) is 11.1.